The maximum Gasteiger partial charge on any atom is 0.161 e. The van der Waals surface area contributed by atoms with Gasteiger partial charge in [-0.3, -0.25) is 0 Å². The molecule has 1 fully saturated rings. The molecule has 100 valence electrons. The summed E-state index contributed by atoms with van der Waals surface area (Å²) in [5.41, 5.74) is 1.20. The molecule has 0 bridgehead atoms. The highest BCUT2D eigenvalue weighted by molar-refractivity contribution is 9.10. The molecular weight excluding hydrogens is 294 g/mol. The van der Waals surface area contributed by atoms with Gasteiger partial charge in [0.25, 0.3) is 0 Å². The third-order valence-corrected chi connectivity index (χ3v) is 4.26. The fourth-order valence-corrected chi connectivity index (χ4v) is 2.60. The van der Waals surface area contributed by atoms with E-state index in [-0.39, 0.29) is 0 Å². The zero-order valence-electron chi connectivity index (χ0n) is 11.0. The van der Waals surface area contributed by atoms with Crippen LogP contribution >= 0.6 is 15.9 Å². The number of halogens is 1. The van der Waals surface area contributed by atoms with E-state index in [1.807, 2.05) is 12.1 Å². The van der Waals surface area contributed by atoms with Gasteiger partial charge in [-0.1, -0.05) is 22.4 Å². The molecule has 0 unspecified atom stereocenters. The number of methoxy groups -OCH3 is 2. The summed E-state index contributed by atoms with van der Waals surface area (Å²) in [6, 6.07) is 3.98. The molecule has 1 saturated carbocycles. The molecule has 0 heterocycles. The molecule has 1 aliphatic carbocycles. The highest BCUT2D eigenvalue weighted by atomic mass is 79.9. The maximum atomic E-state index is 5.32. The smallest absolute Gasteiger partial charge is 0.161 e. The largest absolute Gasteiger partial charge is 0.493 e. The summed E-state index contributed by atoms with van der Waals surface area (Å²) in [6.45, 7) is 1.97. The average molecular weight is 314 g/mol. The predicted octanol–water partition coefficient (Wildman–Crippen LogP) is 3.36. The molecule has 0 radical (unpaired) electrons. The first-order chi connectivity index (χ1) is 8.74. The Bertz CT molecular complexity index is 405. The van der Waals surface area contributed by atoms with Crippen LogP contribution in [-0.2, 0) is 6.54 Å². The molecule has 0 amide bonds. The Morgan fingerprint density at radius 2 is 1.89 bits per heavy atom. The van der Waals surface area contributed by atoms with E-state index >= 15 is 0 Å². The van der Waals surface area contributed by atoms with Crippen LogP contribution in [0.1, 0.15) is 24.8 Å². The first kappa shape index (κ1) is 13.7. The van der Waals surface area contributed by atoms with Crippen molar-refractivity contribution in [1.29, 1.82) is 0 Å². The second-order valence-electron chi connectivity index (χ2n) is 4.73. The molecule has 2 rings (SSSR count). The van der Waals surface area contributed by atoms with Crippen molar-refractivity contribution in [3.8, 4) is 11.5 Å². The summed E-state index contributed by atoms with van der Waals surface area (Å²) < 4.78 is 11.6. The predicted molar refractivity (Wildman–Crippen MR) is 76.3 cm³/mol. The lowest BCUT2D eigenvalue weighted by atomic mass is 9.85. The van der Waals surface area contributed by atoms with Crippen LogP contribution < -0.4 is 14.8 Å². The normalized spacial score (nSPS) is 15.3. The van der Waals surface area contributed by atoms with Crippen molar-refractivity contribution < 1.29 is 9.47 Å². The van der Waals surface area contributed by atoms with Gasteiger partial charge in [0.2, 0.25) is 0 Å². The van der Waals surface area contributed by atoms with Crippen molar-refractivity contribution in [2.24, 2.45) is 5.92 Å². The standard InChI is InChI=1S/C14H20BrNO2/c1-17-13-6-11(12(15)7-14(13)18-2)9-16-8-10-4-3-5-10/h6-7,10,16H,3-5,8-9H2,1-2H3. The lowest BCUT2D eigenvalue weighted by Crippen LogP contribution is -2.27. The number of ether oxygens (including phenoxy) is 2. The van der Waals surface area contributed by atoms with E-state index in [0.717, 1.165) is 35.0 Å². The summed E-state index contributed by atoms with van der Waals surface area (Å²) >= 11 is 3.57. The zero-order chi connectivity index (χ0) is 13.0. The fraction of sp³-hybridized carbons (Fsp3) is 0.571. The van der Waals surface area contributed by atoms with Gasteiger partial charge in [0.05, 0.1) is 14.2 Å². The highest BCUT2D eigenvalue weighted by Crippen LogP contribution is 2.33. The van der Waals surface area contributed by atoms with E-state index in [1.165, 1.54) is 24.8 Å². The Balaban J connectivity index is 1.97. The second kappa shape index (κ2) is 6.43. The molecule has 3 nitrogen and oxygen atoms in total. The van der Waals surface area contributed by atoms with Crippen LogP contribution in [0.5, 0.6) is 11.5 Å². The molecule has 18 heavy (non-hydrogen) atoms. The molecule has 0 aromatic heterocycles. The molecule has 1 N–H and O–H groups in total. The second-order valence-corrected chi connectivity index (χ2v) is 5.58. The molecule has 0 atom stereocenters. The lowest BCUT2D eigenvalue weighted by Gasteiger charge is -2.25. The molecule has 0 saturated heterocycles. The van der Waals surface area contributed by atoms with Crippen LogP contribution in [0.3, 0.4) is 0 Å². The van der Waals surface area contributed by atoms with Gasteiger partial charge >= 0.3 is 0 Å². The Morgan fingerprint density at radius 3 is 2.44 bits per heavy atom. The van der Waals surface area contributed by atoms with Crippen LogP contribution in [-0.4, -0.2) is 20.8 Å². The topological polar surface area (TPSA) is 30.5 Å². The van der Waals surface area contributed by atoms with Crippen molar-refractivity contribution in [3.63, 3.8) is 0 Å². The minimum Gasteiger partial charge on any atom is -0.493 e. The van der Waals surface area contributed by atoms with Crippen LogP contribution in [0.4, 0.5) is 0 Å². The molecule has 1 aliphatic rings. The van der Waals surface area contributed by atoms with Crippen molar-refractivity contribution >= 4 is 15.9 Å². The maximum absolute atomic E-state index is 5.32. The Hall–Kier alpha value is -0.740. The summed E-state index contributed by atoms with van der Waals surface area (Å²) in [7, 11) is 3.32. The molecule has 0 spiro atoms. The molecule has 1 aromatic carbocycles. The molecule has 4 heteroatoms. The van der Waals surface area contributed by atoms with Crippen LogP contribution in [0.25, 0.3) is 0 Å². The number of hydrogen-bond acceptors (Lipinski definition) is 3. The van der Waals surface area contributed by atoms with Crippen molar-refractivity contribution in [3.05, 3.63) is 22.2 Å². The minimum absolute atomic E-state index is 0.757. The first-order valence-corrected chi connectivity index (χ1v) is 7.15. The number of nitrogens with one attached hydrogen (secondary N) is 1. The van der Waals surface area contributed by atoms with E-state index in [0.29, 0.717) is 0 Å². The van der Waals surface area contributed by atoms with Gasteiger partial charge in [-0.25, -0.2) is 0 Å². The highest BCUT2D eigenvalue weighted by Gasteiger charge is 2.16. The SMILES string of the molecule is COc1cc(Br)c(CNCC2CCC2)cc1OC. The van der Waals surface area contributed by atoms with E-state index in [9.17, 15) is 0 Å². The van der Waals surface area contributed by atoms with Gasteiger partial charge in [0.15, 0.2) is 11.5 Å². The first-order valence-electron chi connectivity index (χ1n) is 6.35. The summed E-state index contributed by atoms with van der Waals surface area (Å²) in [4.78, 5) is 0. The average Bonchev–Trinajstić information content (AvgIpc) is 2.33. The van der Waals surface area contributed by atoms with E-state index in [4.69, 9.17) is 9.47 Å². The quantitative estimate of drug-likeness (QED) is 0.873. The fourth-order valence-electron chi connectivity index (χ4n) is 2.14. The van der Waals surface area contributed by atoms with Crippen molar-refractivity contribution in [2.75, 3.05) is 20.8 Å². The number of benzene rings is 1. The molecule has 0 aliphatic heterocycles. The van der Waals surface area contributed by atoms with Gasteiger partial charge in [0.1, 0.15) is 0 Å². The Labute approximate surface area is 117 Å². The van der Waals surface area contributed by atoms with Crippen LogP contribution in [0.2, 0.25) is 0 Å². The summed E-state index contributed by atoms with van der Waals surface area (Å²) in [6.07, 6.45) is 4.15. The summed E-state index contributed by atoms with van der Waals surface area (Å²) in [5, 5.41) is 3.51. The van der Waals surface area contributed by atoms with Crippen molar-refractivity contribution in [1.82, 2.24) is 5.32 Å². The van der Waals surface area contributed by atoms with Crippen LogP contribution in [0, 0.1) is 5.92 Å². The monoisotopic (exact) mass is 313 g/mol. The zero-order valence-corrected chi connectivity index (χ0v) is 12.5. The van der Waals surface area contributed by atoms with Crippen LogP contribution in [0.15, 0.2) is 16.6 Å². The van der Waals surface area contributed by atoms with Gasteiger partial charge < -0.3 is 14.8 Å². The molecule has 1 aromatic rings. The van der Waals surface area contributed by atoms with Gasteiger partial charge in [0, 0.05) is 11.0 Å². The van der Waals surface area contributed by atoms with Gasteiger partial charge in [-0.15, -0.1) is 0 Å². The minimum atomic E-state index is 0.757. The molecular formula is C14H20BrNO2. The Morgan fingerprint density at radius 1 is 1.22 bits per heavy atom. The lowest BCUT2D eigenvalue weighted by molar-refractivity contribution is 0.301. The van der Waals surface area contributed by atoms with E-state index < -0.39 is 0 Å². The Kier molecular flexibility index (Phi) is 4.89. The van der Waals surface area contributed by atoms with Crippen molar-refractivity contribution in [2.45, 2.75) is 25.8 Å². The van der Waals surface area contributed by atoms with Gasteiger partial charge in [-0.2, -0.15) is 0 Å². The van der Waals surface area contributed by atoms with Gasteiger partial charge in [-0.05, 0) is 43.0 Å². The number of hydrogen-bond donors (Lipinski definition) is 1. The third-order valence-electron chi connectivity index (χ3n) is 3.53. The summed E-state index contributed by atoms with van der Waals surface area (Å²) in [5.74, 6) is 2.41. The van der Waals surface area contributed by atoms with E-state index in [1.54, 1.807) is 14.2 Å². The third kappa shape index (κ3) is 3.18. The van der Waals surface area contributed by atoms with E-state index in [2.05, 4.69) is 21.2 Å². The number of rotatable bonds is 6.